The van der Waals surface area contributed by atoms with Crippen molar-refractivity contribution in [2.24, 2.45) is 0 Å². The van der Waals surface area contributed by atoms with Gasteiger partial charge in [0.15, 0.2) is 0 Å². The second-order valence-corrected chi connectivity index (χ2v) is 5.33. The Morgan fingerprint density at radius 1 is 1.21 bits per heavy atom. The number of halogens is 3. The summed E-state index contributed by atoms with van der Waals surface area (Å²) in [5.74, 6) is -0.157. The summed E-state index contributed by atoms with van der Waals surface area (Å²) in [6.45, 7) is 7.92. The van der Waals surface area contributed by atoms with Crippen LogP contribution < -0.4 is 4.74 Å². The first-order chi connectivity index (χ1) is 8.83. The highest BCUT2D eigenvalue weighted by Crippen LogP contribution is 2.34. The van der Waals surface area contributed by atoms with E-state index in [4.69, 9.17) is 4.74 Å². The minimum Gasteiger partial charge on any atom is -0.494 e. The van der Waals surface area contributed by atoms with Gasteiger partial charge < -0.3 is 4.74 Å². The van der Waals surface area contributed by atoms with Crippen LogP contribution in [0.2, 0.25) is 0 Å². The Labute approximate surface area is 116 Å². The van der Waals surface area contributed by atoms with Crippen LogP contribution in [0.5, 0.6) is 5.75 Å². The molecule has 0 bridgehead atoms. The normalized spacial score (nSPS) is 11.7. The Kier molecular flexibility index (Phi) is 6.04. The maximum atomic E-state index is 12.2. The fourth-order valence-electron chi connectivity index (χ4n) is 1.67. The molecule has 1 aromatic rings. The third kappa shape index (κ3) is 5.76. The van der Waals surface area contributed by atoms with E-state index in [0.29, 0.717) is 17.3 Å². The van der Waals surface area contributed by atoms with Crippen molar-refractivity contribution in [3.05, 3.63) is 30.2 Å². The predicted molar refractivity (Wildman–Crippen MR) is 72.8 cm³/mol. The van der Waals surface area contributed by atoms with Crippen molar-refractivity contribution < 1.29 is 17.9 Å². The van der Waals surface area contributed by atoms with E-state index in [1.165, 1.54) is 0 Å². The maximum Gasteiger partial charge on any atom is 0.398 e. The van der Waals surface area contributed by atoms with Gasteiger partial charge in [-0.3, -0.25) is 0 Å². The van der Waals surface area contributed by atoms with Crippen molar-refractivity contribution in [1.82, 2.24) is 0 Å². The summed E-state index contributed by atoms with van der Waals surface area (Å²) in [5, 5.41) is 0. The van der Waals surface area contributed by atoms with Crippen LogP contribution in [0.1, 0.15) is 24.0 Å². The molecule has 19 heavy (non-hydrogen) atoms. The van der Waals surface area contributed by atoms with Crippen LogP contribution in [0.25, 0.3) is 0 Å². The minimum absolute atomic E-state index is 0.581. The van der Waals surface area contributed by atoms with Crippen molar-refractivity contribution >= 4 is 11.8 Å². The number of unbranched alkanes of at least 4 members (excludes halogenated alkanes) is 1. The highest BCUT2D eigenvalue weighted by Gasteiger charge is 2.27. The molecular formula is C14H18F3OS. The Morgan fingerprint density at radius 2 is 1.79 bits per heavy atom. The molecule has 5 heteroatoms. The monoisotopic (exact) mass is 291 g/mol. The van der Waals surface area contributed by atoms with Gasteiger partial charge >= 0.3 is 6.18 Å². The first kappa shape index (κ1) is 16.2. The number of rotatable bonds is 6. The molecule has 0 aliphatic rings. The topological polar surface area (TPSA) is 9.23 Å². The van der Waals surface area contributed by atoms with E-state index < -0.39 is 11.9 Å². The Morgan fingerprint density at radius 3 is 2.26 bits per heavy atom. The molecule has 0 aliphatic carbocycles. The zero-order valence-electron chi connectivity index (χ0n) is 11.1. The lowest BCUT2D eigenvalue weighted by Gasteiger charge is -2.14. The van der Waals surface area contributed by atoms with Crippen LogP contribution in [0.4, 0.5) is 13.2 Å². The molecular weight excluding hydrogens is 273 g/mol. The smallest absolute Gasteiger partial charge is 0.398 e. The third-order valence-electron chi connectivity index (χ3n) is 2.48. The van der Waals surface area contributed by atoms with E-state index in [1.54, 1.807) is 26.0 Å². The molecule has 107 valence electrons. The SMILES string of the molecule is [CH2]CCCOc1cc(C)c(SCC(F)(F)F)c(C)c1. The lowest BCUT2D eigenvalue weighted by atomic mass is 10.1. The molecule has 0 saturated heterocycles. The van der Waals surface area contributed by atoms with Gasteiger partial charge in [-0.25, -0.2) is 0 Å². The highest BCUT2D eigenvalue weighted by molar-refractivity contribution is 7.99. The van der Waals surface area contributed by atoms with Gasteiger partial charge in [-0.1, -0.05) is 13.3 Å². The van der Waals surface area contributed by atoms with Gasteiger partial charge in [-0.2, -0.15) is 13.2 Å². The summed E-state index contributed by atoms with van der Waals surface area (Å²) < 4.78 is 42.3. The molecule has 1 radical (unpaired) electrons. The van der Waals surface area contributed by atoms with Crippen molar-refractivity contribution in [1.29, 1.82) is 0 Å². The van der Waals surface area contributed by atoms with Crippen molar-refractivity contribution in [2.75, 3.05) is 12.4 Å². The predicted octanol–water partition coefficient (Wildman–Crippen LogP) is 4.95. The molecule has 0 aliphatic heterocycles. The average Bonchev–Trinajstić information content (AvgIpc) is 2.26. The standard InChI is InChI=1S/C14H18F3OS/c1-4-5-6-18-12-7-10(2)13(11(3)8-12)19-9-14(15,16)17/h7-8H,1,4-6,9H2,2-3H3. The molecule has 0 saturated carbocycles. The molecule has 0 unspecified atom stereocenters. The molecule has 0 spiro atoms. The molecule has 0 heterocycles. The first-order valence-electron chi connectivity index (χ1n) is 6.06. The van der Waals surface area contributed by atoms with Gasteiger partial charge in [-0.15, -0.1) is 11.8 Å². The summed E-state index contributed by atoms with van der Waals surface area (Å²) in [6.07, 6.45) is -2.48. The molecule has 1 rings (SSSR count). The molecule has 1 aromatic carbocycles. The largest absolute Gasteiger partial charge is 0.494 e. The van der Waals surface area contributed by atoms with Gasteiger partial charge in [0.2, 0.25) is 0 Å². The van der Waals surface area contributed by atoms with Gasteiger partial charge in [0, 0.05) is 4.90 Å². The summed E-state index contributed by atoms with van der Waals surface area (Å²) in [5.41, 5.74) is 1.64. The van der Waals surface area contributed by atoms with Gasteiger partial charge in [-0.05, 0) is 43.5 Å². The maximum absolute atomic E-state index is 12.2. The molecule has 0 amide bonds. The summed E-state index contributed by atoms with van der Waals surface area (Å²) in [7, 11) is 0. The Bertz CT molecular complexity index is 393. The Balaban J connectivity index is 2.74. The minimum atomic E-state index is -4.15. The van der Waals surface area contributed by atoms with Crippen LogP contribution >= 0.6 is 11.8 Å². The molecule has 0 fully saturated rings. The quantitative estimate of drug-likeness (QED) is 0.541. The number of benzene rings is 1. The van der Waals surface area contributed by atoms with E-state index in [9.17, 15) is 13.2 Å². The van der Waals surface area contributed by atoms with Crippen LogP contribution in [-0.2, 0) is 0 Å². The van der Waals surface area contributed by atoms with E-state index in [2.05, 4.69) is 6.92 Å². The number of thioether (sulfide) groups is 1. The van der Waals surface area contributed by atoms with Crippen LogP contribution in [0, 0.1) is 20.8 Å². The fraction of sp³-hybridized carbons (Fsp3) is 0.500. The van der Waals surface area contributed by atoms with E-state index >= 15 is 0 Å². The van der Waals surface area contributed by atoms with Crippen LogP contribution in [0.15, 0.2) is 17.0 Å². The average molecular weight is 291 g/mol. The van der Waals surface area contributed by atoms with Crippen molar-refractivity contribution in [2.45, 2.75) is 37.8 Å². The number of hydrogen-bond acceptors (Lipinski definition) is 2. The zero-order chi connectivity index (χ0) is 14.5. The summed E-state index contributed by atoms with van der Waals surface area (Å²) in [6, 6.07) is 3.57. The van der Waals surface area contributed by atoms with Crippen LogP contribution in [0.3, 0.4) is 0 Å². The van der Waals surface area contributed by atoms with Gasteiger partial charge in [0.25, 0.3) is 0 Å². The van der Waals surface area contributed by atoms with Crippen molar-refractivity contribution in [3.8, 4) is 5.75 Å². The highest BCUT2D eigenvalue weighted by atomic mass is 32.2. The lowest BCUT2D eigenvalue weighted by Crippen LogP contribution is -2.11. The van der Waals surface area contributed by atoms with E-state index in [0.717, 1.165) is 35.7 Å². The molecule has 0 N–H and O–H groups in total. The number of ether oxygens (including phenoxy) is 1. The Hall–Kier alpha value is -0.840. The number of alkyl halides is 3. The molecule has 0 atom stereocenters. The van der Waals surface area contributed by atoms with Gasteiger partial charge in [0.05, 0.1) is 12.4 Å². The van der Waals surface area contributed by atoms with Gasteiger partial charge in [0.1, 0.15) is 5.75 Å². The third-order valence-corrected chi connectivity index (χ3v) is 3.88. The van der Waals surface area contributed by atoms with Crippen LogP contribution in [-0.4, -0.2) is 18.5 Å². The molecule has 1 nitrogen and oxygen atoms in total. The van der Waals surface area contributed by atoms with E-state index in [1.807, 2.05) is 0 Å². The second kappa shape index (κ2) is 7.08. The number of hydrogen-bond donors (Lipinski definition) is 0. The number of aryl methyl sites for hydroxylation is 2. The lowest BCUT2D eigenvalue weighted by molar-refractivity contribution is -0.105. The first-order valence-corrected chi connectivity index (χ1v) is 7.05. The summed E-state index contributed by atoms with van der Waals surface area (Å²) in [4.78, 5) is 0.682. The fourth-order valence-corrected chi connectivity index (χ4v) is 2.55. The van der Waals surface area contributed by atoms with Crippen molar-refractivity contribution in [3.63, 3.8) is 0 Å². The summed E-state index contributed by atoms with van der Waals surface area (Å²) >= 11 is 0.827. The second-order valence-electron chi connectivity index (χ2n) is 4.35. The zero-order valence-corrected chi connectivity index (χ0v) is 12.0. The molecule has 0 aromatic heterocycles. The van der Waals surface area contributed by atoms with E-state index in [-0.39, 0.29) is 0 Å².